The molecule has 0 bridgehead atoms. The molecule has 0 atom stereocenters. The van der Waals surface area contributed by atoms with E-state index >= 15 is 0 Å². The van der Waals surface area contributed by atoms with Gasteiger partial charge in [0.05, 0.1) is 17.8 Å². The van der Waals surface area contributed by atoms with E-state index in [9.17, 15) is 31.9 Å². The van der Waals surface area contributed by atoms with Crippen LogP contribution in [-0.2, 0) is 17.9 Å². The number of nitrogens with zero attached hydrogens (tertiary/aromatic N) is 1. The second kappa shape index (κ2) is 8.67. The van der Waals surface area contributed by atoms with Crippen molar-refractivity contribution in [3.8, 4) is 0 Å². The van der Waals surface area contributed by atoms with Crippen LogP contribution in [0.25, 0.3) is 0 Å². The van der Waals surface area contributed by atoms with Gasteiger partial charge in [-0.25, -0.2) is 17.6 Å². The molecule has 3 aromatic carbocycles. The first-order chi connectivity index (χ1) is 15.7. The van der Waals surface area contributed by atoms with Crippen molar-refractivity contribution in [3.63, 3.8) is 0 Å². The maximum atomic E-state index is 14.2. The Labute approximate surface area is 189 Å². The Bertz CT molecular complexity index is 1290. The summed E-state index contributed by atoms with van der Waals surface area (Å²) < 4.78 is 54.9. The van der Waals surface area contributed by atoms with Crippen LogP contribution in [0.15, 0.2) is 48.5 Å². The molecular formula is C23H13ClF4N2O3. The summed E-state index contributed by atoms with van der Waals surface area (Å²) in [6.45, 7) is -0.916. The van der Waals surface area contributed by atoms with Crippen molar-refractivity contribution in [2.24, 2.45) is 0 Å². The molecule has 0 saturated carbocycles. The van der Waals surface area contributed by atoms with Gasteiger partial charge in [-0.1, -0.05) is 17.7 Å². The average molecular weight is 477 g/mol. The maximum absolute atomic E-state index is 14.2. The van der Waals surface area contributed by atoms with Crippen LogP contribution >= 0.6 is 11.6 Å². The average Bonchev–Trinajstić information content (AvgIpc) is 2.99. The van der Waals surface area contributed by atoms with Crippen molar-refractivity contribution < 1.29 is 31.9 Å². The van der Waals surface area contributed by atoms with E-state index in [1.54, 1.807) is 0 Å². The molecule has 0 unspecified atom stereocenters. The summed E-state index contributed by atoms with van der Waals surface area (Å²) in [5, 5.41) is 2.36. The van der Waals surface area contributed by atoms with E-state index in [1.807, 2.05) is 0 Å². The molecule has 0 radical (unpaired) electrons. The van der Waals surface area contributed by atoms with E-state index in [-0.39, 0.29) is 33.9 Å². The summed E-state index contributed by atoms with van der Waals surface area (Å²) >= 11 is 6.02. The van der Waals surface area contributed by atoms with Crippen LogP contribution in [0.2, 0.25) is 5.02 Å². The maximum Gasteiger partial charge on any atom is 0.299 e. The smallest absolute Gasteiger partial charge is 0.299 e. The summed E-state index contributed by atoms with van der Waals surface area (Å²) in [7, 11) is 0. The first-order valence-corrected chi connectivity index (χ1v) is 9.90. The lowest BCUT2D eigenvalue weighted by molar-refractivity contribution is -0.114. The SMILES string of the molecule is O=C(NCc1c(F)cc(F)cc1F)c1ccc2c(c1)N(Cc1c(F)cccc1Cl)C(=O)C2=O. The Morgan fingerprint density at radius 1 is 0.909 bits per heavy atom. The molecule has 0 spiro atoms. The fourth-order valence-corrected chi connectivity index (χ4v) is 3.67. The van der Waals surface area contributed by atoms with Gasteiger partial charge in [-0.3, -0.25) is 14.4 Å². The van der Waals surface area contributed by atoms with Gasteiger partial charge in [0.25, 0.3) is 17.6 Å². The molecule has 168 valence electrons. The fraction of sp³-hybridized carbons (Fsp3) is 0.0870. The van der Waals surface area contributed by atoms with Crippen molar-refractivity contribution in [2.75, 3.05) is 4.90 Å². The highest BCUT2D eigenvalue weighted by Crippen LogP contribution is 2.33. The predicted molar refractivity (Wildman–Crippen MR) is 111 cm³/mol. The van der Waals surface area contributed by atoms with Gasteiger partial charge in [0.15, 0.2) is 0 Å². The molecule has 0 fully saturated rings. The van der Waals surface area contributed by atoms with E-state index in [0.717, 1.165) is 11.0 Å². The Kier molecular flexibility index (Phi) is 5.90. The van der Waals surface area contributed by atoms with Gasteiger partial charge >= 0.3 is 0 Å². The van der Waals surface area contributed by atoms with Gasteiger partial charge < -0.3 is 10.2 Å². The molecule has 33 heavy (non-hydrogen) atoms. The lowest BCUT2D eigenvalue weighted by Crippen LogP contribution is -2.30. The van der Waals surface area contributed by atoms with E-state index in [1.165, 1.54) is 30.3 Å². The molecule has 1 aliphatic rings. The topological polar surface area (TPSA) is 66.5 Å². The third-order valence-electron chi connectivity index (χ3n) is 5.14. The minimum Gasteiger partial charge on any atom is -0.348 e. The molecule has 10 heteroatoms. The van der Waals surface area contributed by atoms with Crippen molar-refractivity contribution in [2.45, 2.75) is 13.1 Å². The Morgan fingerprint density at radius 3 is 2.27 bits per heavy atom. The van der Waals surface area contributed by atoms with E-state index < -0.39 is 53.0 Å². The number of nitrogens with one attached hydrogen (secondary N) is 1. The number of benzene rings is 3. The first kappa shape index (κ1) is 22.5. The summed E-state index contributed by atoms with van der Waals surface area (Å²) in [5.41, 5.74) is -0.489. The molecule has 0 aromatic heterocycles. The quantitative estimate of drug-likeness (QED) is 0.434. The molecule has 1 heterocycles. The molecular weight excluding hydrogens is 464 g/mol. The van der Waals surface area contributed by atoms with Crippen LogP contribution in [0, 0.1) is 23.3 Å². The highest BCUT2D eigenvalue weighted by molar-refractivity contribution is 6.52. The van der Waals surface area contributed by atoms with Gasteiger partial charge in [-0.05, 0) is 30.3 Å². The summed E-state index contributed by atoms with van der Waals surface area (Å²) in [6.07, 6.45) is 0. The van der Waals surface area contributed by atoms with Crippen LogP contribution in [-0.4, -0.2) is 17.6 Å². The van der Waals surface area contributed by atoms with Crippen LogP contribution < -0.4 is 10.2 Å². The van der Waals surface area contributed by atoms with E-state index in [2.05, 4.69) is 5.32 Å². The minimum atomic E-state index is -1.16. The summed E-state index contributed by atoms with van der Waals surface area (Å²) in [5.74, 6) is -6.61. The van der Waals surface area contributed by atoms with Crippen LogP contribution in [0.4, 0.5) is 23.2 Å². The number of hydrogen-bond acceptors (Lipinski definition) is 3. The summed E-state index contributed by atoms with van der Waals surface area (Å²) in [6, 6.07) is 8.71. The number of amides is 2. The number of ketones is 1. The number of carbonyl (C=O) groups excluding carboxylic acids is 3. The highest BCUT2D eigenvalue weighted by atomic mass is 35.5. The van der Waals surface area contributed by atoms with Crippen LogP contribution in [0.1, 0.15) is 31.8 Å². The number of Topliss-reactive ketones (excluding diaryl/α,β-unsaturated/α-hetero) is 1. The van der Waals surface area contributed by atoms with Gasteiger partial charge in [-0.2, -0.15) is 0 Å². The standard InChI is InChI=1S/C23H13ClF4N2O3/c24-16-2-1-3-17(26)15(16)10-30-20-6-11(4-5-13(20)21(31)23(30)33)22(32)29-9-14-18(27)7-12(25)8-19(14)28/h1-8H,9-10H2,(H,29,32). The fourth-order valence-electron chi connectivity index (χ4n) is 3.45. The van der Waals surface area contributed by atoms with E-state index in [0.29, 0.717) is 12.1 Å². The number of halogens is 5. The zero-order valence-electron chi connectivity index (χ0n) is 16.6. The van der Waals surface area contributed by atoms with Gasteiger partial charge in [0.1, 0.15) is 23.3 Å². The number of rotatable bonds is 5. The second-order valence-corrected chi connectivity index (χ2v) is 7.59. The monoisotopic (exact) mass is 476 g/mol. The second-order valence-electron chi connectivity index (χ2n) is 7.18. The molecule has 5 nitrogen and oxygen atoms in total. The molecule has 0 saturated heterocycles. The molecule has 0 aliphatic carbocycles. The number of anilines is 1. The third kappa shape index (κ3) is 4.19. The highest BCUT2D eigenvalue weighted by Gasteiger charge is 2.37. The molecule has 1 aliphatic heterocycles. The van der Waals surface area contributed by atoms with Crippen molar-refractivity contribution in [3.05, 3.63) is 99.1 Å². The number of carbonyl (C=O) groups is 3. The number of hydrogen-bond donors (Lipinski definition) is 1. The minimum absolute atomic E-state index is 0.00900. The Hall–Kier alpha value is -3.72. The van der Waals surface area contributed by atoms with Crippen LogP contribution in [0.5, 0.6) is 0 Å². The Morgan fingerprint density at radius 2 is 1.61 bits per heavy atom. The van der Waals surface area contributed by atoms with Crippen LogP contribution in [0.3, 0.4) is 0 Å². The van der Waals surface area contributed by atoms with E-state index in [4.69, 9.17) is 11.6 Å². The Balaban J connectivity index is 1.60. The lowest BCUT2D eigenvalue weighted by atomic mass is 10.1. The normalized spacial score (nSPS) is 12.8. The summed E-state index contributed by atoms with van der Waals surface area (Å²) in [4.78, 5) is 38.4. The van der Waals surface area contributed by atoms with Gasteiger partial charge in [-0.15, -0.1) is 0 Å². The molecule has 1 N–H and O–H groups in total. The zero-order chi connectivity index (χ0) is 23.9. The first-order valence-electron chi connectivity index (χ1n) is 9.52. The predicted octanol–water partition coefficient (Wildman–Crippen LogP) is 4.56. The third-order valence-corrected chi connectivity index (χ3v) is 5.50. The van der Waals surface area contributed by atoms with Crippen molar-refractivity contribution in [1.82, 2.24) is 5.32 Å². The molecule has 2 amide bonds. The molecule has 3 aromatic rings. The zero-order valence-corrected chi connectivity index (χ0v) is 17.4. The van der Waals surface area contributed by atoms with Crippen molar-refractivity contribution in [1.29, 1.82) is 0 Å². The lowest BCUT2D eigenvalue weighted by Gasteiger charge is -2.18. The van der Waals surface area contributed by atoms with Crippen molar-refractivity contribution >= 4 is 34.9 Å². The largest absolute Gasteiger partial charge is 0.348 e. The number of fused-ring (bicyclic) bond motifs is 1. The van der Waals surface area contributed by atoms with Gasteiger partial charge in [0.2, 0.25) is 0 Å². The molecule has 4 rings (SSSR count). The van der Waals surface area contributed by atoms with Gasteiger partial charge in [0, 0.05) is 40.4 Å².